The molecule has 100 valence electrons. The summed E-state index contributed by atoms with van der Waals surface area (Å²) in [6, 6.07) is 7.71. The summed E-state index contributed by atoms with van der Waals surface area (Å²) >= 11 is 0. The number of methoxy groups -OCH3 is 1. The van der Waals surface area contributed by atoms with Crippen LogP contribution in [0.3, 0.4) is 0 Å². The van der Waals surface area contributed by atoms with Crippen molar-refractivity contribution in [3.8, 4) is 11.8 Å². The molecule has 0 N–H and O–H groups in total. The molecule has 0 aromatic heterocycles. The monoisotopic (exact) mass is 257 g/mol. The largest absolute Gasteiger partial charge is 0.496 e. The molecule has 0 spiro atoms. The molecule has 0 saturated heterocycles. The van der Waals surface area contributed by atoms with Gasteiger partial charge in [0.25, 0.3) is 0 Å². The summed E-state index contributed by atoms with van der Waals surface area (Å²) in [5.74, 6) is 0.318. The van der Waals surface area contributed by atoms with E-state index in [0.29, 0.717) is 0 Å². The molecule has 19 heavy (non-hydrogen) atoms. The zero-order valence-electron chi connectivity index (χ0n) is 11.5. The van der Waals surface area contributed by atoms with Crippen molar-refractivity contribution in [3.63, 3.8) is 0 Å². The first kappa shape index (κ1) is 13.6. The highest BCUT2D eigenvalue weighted by atomic mass is 16.5. The van der Waals surface area contributed by atoms with E-state index in [1.165, 1.54) is 0 Å². The molecule has 2 rings (SSSR count). The molecule has 1 aromatic rings. The molecule has 3 nitrogen and oxygen atoms in total. The van der Waals surface area contributed by atoms with Gasteiger partial charge in [0.05, 0.1) is 13.2 Å². The minimum Gasteiger partial charge on any atom is -0.496 e. The van der Waals surface area contributed by atoms with E-state index in [4.69, 9.17) is 4.74 Å². The minimum absolute atomic E-state index is 0.0760. The summed E-state index contributed by atoms with van der Waals surface area (Å²) in [6.45, 7) is 1.93. The van der Waals surface area contributed by atoms with Crippen LogP contribution in [0.25, 0.3) is 0 Å². The van der Waals surface area contributed by atoms with E-state index in [1.54, 1.807) is 7.11 Å². The smallest absolute Gasteiger partial charge is 0.157 e. The van der Waals surface area contributed by atoms with E-state index >= 15 is 0 Å². The van der Waals surface area contributed by atoms with Crippen molar-refractivity contribution in [1.29, 1.82) is 5.26 Å². The number of rotatable bonds is 4. The van der Waals surface area contributed by atoms with Gasteiger partial charge >= 0.3 is 0 Å². The summed E-state index contributed by atoms with van der Waals surface area (Å²) in [5, 5.41) is 9.33. The third-order valence-electron chi connectivity index (χ3n) is 3.92. The molecule has 1 aliphatic carbocycles. The zero-order chi connectivity index (χ0) is 13.8. The number of hydrogen-bond acceptors (Lipinski definition) is 3. The second kappa shape index (κ2) is 5.88. The number of ketones is 1. The summed E-state index contributed by atoms with van der Waals surface area (Å²) in [6.07, 6.45) is 4.09. The number of nitriles is 1. The Bertz CT molecular complexity index is 510. The topological polar surface area (TPSA) is 50.1 Å². The van der Waals surface area contributed by atoms with Gasteiger partial charge in [0.15, 0.2) is 5.78 Å². The molecule has 1 aromatic carbocycles. The first-order chi connectivity index (χ1) is 9.17. The Labute approximate surface area is 114 Å². The molecule has 0 aliphatic heterocycles. The lowest BCUT2D eigenvalue weighted by atomic mass is 9.87. The average Bonchev–Trinajstić information content (AvgIpc) is 2.93. The van der Waals surface area contributed by atoms with Crippen LogP contribution >= 0.6 is 0 Å². The zero-order valence-corrected chi connectivity index (χ0v) is 11.5. The minimum atomic E-state index is -0.632. The van der Waals surface area contributed by atoms with Gasteiger partial charge in [-0.1, -0.05) is 25.0 Å². The molecule has 1 aliphatic rings. The number of carbonyl (C=O) groups excluding carboxylic acids is 1. The van der Waals surface area contributed by atoms with E-state index in [9.17, 15) is 10.1 Å². The van der Waals surface area contributed by atoms with Crippen LogP contribution in [0.15, 0.2) is 18.2 Å². The summed E-state index contributed by atoms with van der Waals surface area (Å²) in [4.78, 5) is 12.4. The van der Waals surface area contributed by atoms with Crippen LogP contribution in [0.2, 0.25) is 0 Å². The van der Waals surface area contributed by atoms with Crippen LogP contribution in [0.1, 0.15) is 42.7 Å². The third kappa shape index (κ3) is 2.78. The molecule has 3 heteroatoms. The Balaban J connectivity index is 2.24. The van der Waals surface area contributed by atoms with Crippen LogP contribution in [-0.2, 0) is 4.79 Å². The maximum Gasteiger partial charge on any atom is 0.157 e. The molecule has 0 bridgehead atoms. The molecule has 1 fully saturated rings. The molecular weight excluding hydrogens is 238 g/mol. The highest BCUT2D eigenvalue weighted by Gasteiger charge is 2.30. The van der Waals surface area contributed by atoms with Crippen molar-refractivity contribution in [1.82, 2.24) is 0 Å². The van der Waals surface area contributed by atoms with Gasteiger partial charge in [-0.3, -0.25) is 4.79 Å². The molecular formula is C16H19NO2. The van der Waals surface area contributed by atoms with Crippen molar-refractivity contribution in [2.24, 2.45) is 5.92 Å². The van der Waals surface area contributed by atoms with Crippen molar-refractivity contribution in [3.05, 3.63) is 29.3 Å². The van der Waals surface area contributed by atoms with Crippen molar-refractivity contribution < 1.29 is 9.53 Å². The lowest BCUT2D eigenvalue weighted by molar-refractivity contribution is -0.123. The van der Waals surface area contributed by atoms with E-state index in [2.05, 4.69) is 6.07 Å². The number of aryl methyl sites for hydroxylation is 1. The van der Waals surface area contributed by atoms with E-state index in [1.807, 2.05) is 25.1 Å². The SMILES string of the molecule is COc1ccc(C(C#N)C(=O)C2CCCC2)cc1C. The van der Waals surface area contributed by atoms with E-state index in [0.717, 1.165) is 42.6 Å². The number of Topliss-reactive ketones (excluding diaryl/α,β-unsaturated/α-hetero) is 1. The third-order valence-corrected chi connectivity index (χ3v) is 3.92. The van der Waals surface area contributed by atoms with Crippen LogP contribution in [0.4, 0.5) is 0 Å². The normalized spacial score (nSPS) is 16.9. The Morgan fingerprint density at radius 2 is 2.11 bits per heavy atom. The quantitative estimate of drug-likeness (QED) is 0.831. The van der Waals surface area contributed by atoms with Gasteiger partial charge in [0.2, 0.25) is 0 Å². The maximum atomic E-state index is 12.4. The summed E-state index contributed by atoms with van der Waals surface area (Å²) in [5.41, 5.74) is 1.75. The van der Waals surface area contributed by atoms with Gasteiger partial charge in [-0.15, -0.1) is 0 Å². The Morgan fingerprint density at radius 1 is 1.42 bits per heavy atom. The first-order valence-electron chi connectivity index (χ1n) is 6.75. The second-order valence-electron chi connectivity index (χ2n) is 5.17. The molecule has 1 unspecified atom stereocenters. The van der Waals surface area contributed by atoms with Crippen molar-refractivity contribution in [2.45, 2.75) is 38.5 Å². The average molecular weight is 257 g/mol. The fourth-order valence-corrected chi connectivity index (χ4v) is 2.83. The summed E-state index contributed by atoms with van der Waals surface area (Å²) < 4.78 is 5.21. The van der Waals surface area contributed by atoms with Crippen LogP contribution in [0, 0.1) is 24.2 Å². The van der Waals surface area contributed by atoms with Crippen LogP contribution in [-0.4, -0.2) is 12.9 Å². The second-order valence-corrected chi connectivity index (χ2v) is 5.17. The van der Waals surface area contributed by atoms with E-state index in [-0.39, 0.29) is 11.7 Å². The maximum absolute atomic E-state index is 12.4. The van der Waals surface area contributed by atoms with Gasteiger partial charge in [-0.2, -0.15) is 5.26 Å². The predicted octanol–water partition coefficient (Wildman–Crippen LogP) is 3.37. The fourth-order valence-electron chi connectivity index (χ4n) is 2.83. The van der Waals surface area contributed by atoms with Crippen molar-refractivity contribution in [2.75, 3.05) is 7.11 Å². The standard InChI is InChI=1S/C16H19NO2/c1-11-9-13(7-8-15(11)19-2)14(10-17)16(18)12-5-3-4-6-12/h7-9,12,14H,3-6H2,1-2H3. The fraction of sp³-hybridized carbons (Fsp3) is 0.500. The van der Waals surface area contributed by atoms with Crippen LogP contribution in [0.5, 0.6) is 5.75 Å². The number of benzene rings is 1. The molecule has 0 radical (unpaired) electrons. The van der Waals surface area contributed by atoms with Crippen LogP contribution < -0.4 is 4.74 Å². The Hall–Kier alpha value is -1.82. The van der Waals surface area contributed by atoms with Gasteiger partial charge < -0.3 is 4.74 Å². The van der Waals surface area contributed by atoms with Gasteiger partial charge in [-0.25, -0.2) is 0 Å². The lowest BCUT2D eigenvalue weighted by Gasteiger charge is -2.15. The number of hydrogen-bond donors (Lipinski definition) is 0. The predicted molar refractivity (Wildman–Crippen MR) is 73.1 cm³/mol. The van der Waals surface area contributed by atoms with E-state index < -0.39 is 5.92 Å². The highest BCUT2D eigenvalue weighted by Crippen LogP contribution is 2.32. The molecule has 1 saturated carbocycles. The summed E-state index contributed by atoms with van der Waals surface area (Å²) in [7, 11) is 1.62. The molecule has 0 heterocycles. The number of ether oxygens (including phenoxy) is 1. The van der Waals surface area contributed by atoms with Gasteiger partial charge in [0.1, 0.15) is 11.7 Å². The van der Waals surface area contributed by atoms with Gasteiger partial charge in [0, 0.05) is 5.92 Å². The molecule has 1 atom stereocenters. The number of carbonyl (C=O) groups is 1. The highest BCUT2D eigenvalue weighted by molar-refractivity contribution is 5.90. The lowest BCUT2D eigenvalue weighted by Crippen LogP contribution is -2.19. The van der Waals surface area contributed by atoms with Gasteiger partial charge in [-0.05, 0) is 37.0 Å². The molecule has 0 amide bonds. The Morgan fingerprint density at radius 3 is 2.63 bits per heavy atom. The number of nitrogens with zero attached hydrogens (tertiary/aromatic N) is 1. The first-order valence-corrected chi connectivity index (χ1v) is 6.75. The Kier molecular flexibility index (Phi) is 4.21. The van der Waals surface area contributed by atoms with Crippen molar-refractivity contribution >= 4 is 5.78 Å².